The second kappa shape index (κ2) is 16.7. The van der Waals surface area contributed by atoms with E-state index in [1.165, 1.54) is 11.1 Å². The van der Waals surface area contributed by atoms with Gasteiger partial charge in [-0.3, -0.25) is 24.6 Å². The summed E-state index contributed by atoms with van der Waals surface area (Å²) in [5, 5.41) is 12.6. The highest BCUT2D eigenvalue weighted by Crippen LogP contribution is 2.47. The first-order chi connectivity index (χ1) is 27.8. The maximum absolute atomic E-state index is 16.1. The Morgan fingerprint density at radius 3 is 2.25 bits per heavy atom. The average molecular weight is 772 g/mol. The highest BCUT2D eigenvalue weighted by atomic mass is 19.1. The molecule has 298 valence electrons. The normalized spacial score (nSPS) is 22.8. The summed E-state index contributed by atoms with van der Waals surface area (Å²) in [6.45, 7) is 10.8. The zero-order valence-corrected chi connectivity index (χ0v) is 33.1. The monoisotopic (exact) mass is 771 g/mol. The smallest absolute Gasteiger partial charge is 0.255 e. The van der Waals surface area contributed by atoms with Crippen LogP contribution >= 0.6 is 0 Å². The number of amides is 3. The van der Waals surface area contributed by atoms with E-state index in [-0.39, 0.29) is 47.5 Å². The molecule has 4 aliphatic heterocycles. The van der Waals surface area contributed by atoms with Crippen molar-refractivity contribution in [2.45, 2.75) is 76.8 Å². The molecular weight excluding hydrogens is 718 g/mol. The zero-order valence-electron chi connectivity index (χ0n) is 33.1. The van der Waals surface area contributed by atoms with Crippen LogP contribution in [0.15, 0.2) is 84.9 Å². The maximum atomic E-state index is 16.1. The van der Waals surface area contributed by atoms with Crippen LogP contribution in [0.3, 0.4) is 0 Å². The molecule has 0 radical (unpaired) electrons. The van der Waals surface area contributed by atoms with Crippen LogP contribution in [0.4, 0.5) is 15.8 Å². The number of piperazine rings is 1. The summed E-state index contributed by atoms with van der Waals surface area (Å²) < 4.78 is 16.1. The molecule has 9 nitrogen and oxygen atoms in total. The van der Waals surface area contributed by atoms with Gasteiger partial charge in [0.05, 0.1) is 5.69 Å². The number of halogens is 1. The first-order valence-electron chi connectivity index (χ1n) is 20.9. The van der Waals surface area contributed by atoms with Gasteiger partial charge in [0.25, 0.3) is 5.91 Å². The van der Waals surface area contributed by atoms with E-state index in [0.717, 1.165) is 93.9 Å². The number of carbonyl (C=O) groups is 3. The largest absolute Gasteiger partial charge is 0.508 e. The number of hydrogen-bond acceptors (Lipinski definition) is 7. The van der Waals surface area contributed by atoms with Gasteiger partial charge in [-0.25, -0.2) is 4.39 Å². The van der Waals surface area contributed by atoms with Crippen molar-refractivity contribution in [3.05, 3.63) is 124 Å². The lowest BCUT2D eigenvalue weighted by atomic mass is 9.69. The van der Waals surface area contributed by atoms with Crippen molar-refractivity contribution < 1.29 is 23.9 Å². The molecule has 4 aromatic carbocycles. The van der Waals surface area contributed by atoms with E-state index >= 15 is 4.39 Å². The van der Waals surface area contributed by atoms with Crippen molar-refractivity contribution in [2.75, 3.05) is 55.6 Å². The van der Waals surface area contributed by atoms with Crippen molar-refractivity contribution in [2.24, 2.45) is 5.92 Å². The van der Waals surface area contributed by atoms with Crippen molar-refractivity contribution in [1.29, 1.82) is 0 Å². The lowest BCUT2D eigenvalue weighted by Crippen LogP contribution is -2.52. The van der Waals surface area contributed by atoms with E-state index in [9.17, 15) is 19.5 Å². The summed E-state index contributed by atoms with van der Waals surface area (Å²) >= 11 is 0. The second-order valence-electron chi connectivity index (χ2n) is 16.1. The molecule has 3 fully saturated rings. The number of imide groups is 1. The summed E-state index contributed by atoms with van der Waals surface area (Å²) in [5.41, 5.74) is 7.93. The summed E-state index contributed by atoms with van der Waals surface area (Å²) in [5.74, 6) is 0.125. The lowest BCUT2D eigenvalue weighted by Gasteiger charge is -2.40. The van der Waals surface area contributed by atoms with E-state index in [2.05, 4.69) is 56.4 Å². The van der Waals surface area contributed by atoms with Crippen molar-refractivity contribution in [3.63, 3.8) is 0 Å². The van der Waals surface area contributed by atoms with E-state index in [1.807, 2.05) is 50.2 Å². The maximum Gasteiger partial charge on any atom is 0.255 e. The van der Waals surface area contributed by atoms with Gasteiger partial charge < -0.3 is 19.8 Å². The number of aromatic hydroxyl groups is 1. The van der Waals surface area contributed by atoms with Crippen LogP contribution in [0.5, 0.6) is 5.75 Å². The van der Waals surface area contributed by atoms with Crippen LogP contribution in [0, 0.1) is 11.7 Å². The molecule has 0 spiro atoms. The van der Waals surface area contributed by atoms with Gasteiger partial charge in [-0.2, -0.15) is 0 Å². The predicted octanol–water partition coefficient (Wildman–Crippen LogP) is 7.22. The number of fused-ring (bicyclic) bond motifs is 2. The molecule has 4 heterocycles. The molecule has 3 atom stereocenters. The highest BCUT2D eigenvalue weighted by molar-refractivity contribution is 6.05. The number of rotatable bonds is 7. The van der Waals surface area contributed by atoms with Crippen molar-refractivity contribution in [3.8, 4) is 5.75 Å². The molecule has 0 saturated carbocycles. The van der Waals surface area contributed by atoms with Gasteiger partial charge >= 0.3 is 0 Å². The summed E-state index contributed by atoms with van der Waals surface area (Å²) in [4.78, 5) is 46.0. The third-order valence-corrected chi connectivity index (χ3v) is 12.9. The van der Waals surface area contributed by atoms with E-state index in [4.69, 9.17) is 0 Å². The Kier molecular flexibility index (Phi) is 11.3. The number of aryl methyl sites for hydroxylation is 1. The standard InChI is InChI=1S/C45H48FN5O4.C2H6/c46-39-26-32(43-36(30-4-2-1-3-5-30)10-6-31-25-35(52)9-12-37(31)43)7-13-40(39)50-18-16-29(17-19-50)27-48-20-22-49(23-21-48)34-8-11-38-33(24-34)28-51(45(38)55)41-14-15-42(53)47-44(41)54;1-2/h1-5,7-9,11-13,24-26,29,36,41,43,52H,6,10,14-23,27-28H2,(H,47,53,54);1-2H3/t36?,41?,43-;/m0./s1. The molecular formula is C47H54FN5O4. The summed E-state index contributed by atoms with van der Waals surface area (Å²) in [6.07, 6.45) is 4.50. The van der Waals surface area contributed by atoms with Crippen LogP contribution in [0.2, 0.25) is 0 Å². The minimum Gasteiger partial charge on any atom is -0.508 e. The predicted molar refractivity (Wildman–Crippen MR) is 221 cm³/mol. The van der Waals surface area contributed by atoms with E-state index < -0.39 is 6.04 Å². The van der Waals surface area contributed by atoms with Crippen LogP contribution in [-0.4, -0.2) is 84.5 Å². The second-order valence-corrected chi connectivity index (χ2v) is 16.1. The number of hydrogen-bond donors (Lipinski definition) is 2. The SMILES string of the molecule is CC.O=C1CCC(N2Cc3cc(N4CCN(CC5CCN(c6ccc([C@@H]7c8ccc(O)cc8CCC7c7ccccc7)cc6F)CC5)CC4)ccc3C2=O)C(=O)N1. The number of benzene rings is 4. The fourth-order valence-electron chi connectivity index (χ4n) is 9.92. The van der Waals surface area contributed by atoms with Crippen LogP contribution in [0.1, 0.15) is 96.0 Å². The molecule has 0 bridgehead atoms. The van der Waals surface area contributed by atoms with Crippen LogP contribution in [-0.2, 0) is 22.6 Å². The number of nitrogens with zero attached hydrogens (tertiary/aromatic N) is 4. The quantitative estimate of drug-likeness (QED) is 0.192. The number of piperidine rings is 2. The number of anilines is 2. The molecule has 3 amide bonds. The van der Waals surface area contributed by atoms with E-state index in [1.54, 1.807) is 17.0 Å². The van der Waals surface area contributed by atoms with Crippen LogP contribution in [0.25, 0.3) is 0 Å². The Balaban J connectivity index is 0.00000224. The fourth-order valence-corrected chi connectivity index (χ4v) is 9.92. The van der Waals surface area contributed by atoms with Crippen molar-refractivity contribution in [1.82, 2.24) is 15.1 Å². The highest BCUT2D eigenvalue weighted by Gasteiger charge is 2.39. The Hall–Kier alpha value is -5.22. The number of nitrogens with one attached hydrogen (secondary N) is 1. The third kappa shape index (κ3) is 7.89. The van der Waals surface area contributed by atoms with Gasteiger partial charge in [0, 0.05) is 75.9 Å². The Bertz CT molecular complexity index is 2110. The Morgan fingerprint density at radius 1 is 0.737 bits per heavy atom. The third-order valence-electron chi connectivity index (χ3n) is 12.9. The summed E-state index contributed by atoms with van der Waals surface area (Å²) in [6, 6.07) is 27.5. The van der Waals surface area contributed by atoms with Gasteiger partial charge in [0.2, 0.25) is 11.8 Å². The first kappa shape index (κ1) is 38.6. The molecule has 1 aliphatic carbocycles. The number of carbonyl (C=O) groups excluding carboxylic acids is 3. The molecule has 3 saturated heterocycles. The molecule has 4 aromatic rings. The van der Waals surface area contributed by atoms with Crippen LogP contribution < -0.4 is 15.1 Å². The van der Waals surface area contributed by atoms with Crippen molar-refractivity contribution >= 4 is 29.1 Å². The average Bonchev–Trinajstić information content (AvgIpc) is 3.56. The molecule has 2 unspecified atom stereocenters. The number of phenolic OH excluding ortho intramolecular Hbond substituents is 1. The molecule has 2 N–H and O–H groups in total. The zero-order chi connectivity index (χ0) is 39.6. The minimum atomic E-state index is -0.605. The van der Waals surface area contributed by atoms with Gasteiger partial charge in [0.1, 0.15) is 17.6 Å². The molecule has 57 heavy (non-hydrogen) atoms. The number of phenols is 1. The molecule has 10 heteroatoms. The molecule has 0 aromatic heterocycles. The topological polar surface area (TPSA) is 96.4 Å². The van der Waals surface area contributed by atoms with E-state index in [0.29, 0.717) is 30.1 Å². The van der Waals surface area contributed by atoms with Gasteiger partial charge in [-0.15, -0.1) is 0 Å². The minimum absolute atomic E-state index is 0.0174. The van der Waals surface area contributed by atoms with Gasteiger partial charge in [-0.1, -0.05) is 56.3 Å². The Labute approximate surface area is 335 Å². The lowest BCUT2D eigenvalue weighted by molar-refractivity contribution is -0.136. The van der Waals surface area contributed by atoms with Gasteiger partial charge in [-0.05, 0) is 114 Å². The summed E-state index contributed by atoms with van der Waals surface area (Å²) in [7, 11) is 0. The first-order valence-corrected chi connectivity index (χ1v) is 20.9. The molecule has 9 rings (SSSR count). The Morgan fingerprint density at radius 2 is 1.51 bits per heavy atom. The fraction of sp³-hybridized carbons (Fsp3) is 0.426. The molecule has 5 aliphatic rings. The van der Waals surface area contributed by atoms with Gasteiger partial charge in [0.15, 0.2) is 0 Å².